The predicted molar refractivity (Wildman–Crippen MR) is 61.7 cm³/mol. The van der Waals surface area contributed by atoms with Crippen molar-refractivity contribution in [2.45, 2.75) is 20.4 Å². The second-order valence-electron chi connectivity index (χ2n) is 4.51. The molecule has 0 bridgehead atoms. The Morgan fingerprint density at radius 3 is 2.53 bits per heavy atom. The number of esters is 1. The van der Waals surface area contributed by atoms with Crippen molar-refractivity contribution in [2.24, 2.45) is 12.5 Å². The van der Waals surface area contributed by atoms with Crippen LogP contribution in [-0.2, 0) is 23.1 Å². The average Bonchev–Trinajstić information content (AvgIpc) is 2.28. The number of ether oxygens (including phenoxy) is 1. The fourth-order valence-corrected chi connectivity index (χ4v) is 1.50. The van der Waals surface area contributed by atoms with E-state index in [-0.39, 0.29) is 6.54 Å². The van der Waals surface area contributed by atoms with E-state index in [1.165, 1.54) is 23.9 Å². The lowest BCUT2D eigenvalue weighted by Crippen LogP contribution is -2.43. The number of hydrogen-bond acceptors (Lipinski definition) is 4. The summed E-state index contributed by atoms with van der Waals surface area (Å²) in [5.74, 6) is -0.463. The Kier molecular flexibility index (Phi) is 3.55. The summed E-state index contributed by atoms with van der Waals surface area (Å²) in [6.07, 6.45) is 1.40. The molecular formula is C11H16N2O4. The van der Waals surface area contributed by atoms with Gasteiger partial charge in [-0.25, -0.2) is 4.79 Å². The third-order valence-electron chi connectivity index (χ3n) is 2.53. The van der Waals surface area contributed by atoms with Gasteiger partial charge in [0.2, 0.25) is 0 Å². The van der Waals surface area contributed by atoms with Crippen LogP contribution in [-0.4, -0.2) is 22.2 Å². The van der Waals surface area contributed by atoms with Gasteiger partial charge in [0.15, 0.2) is 0 Å². The lowest BCUT2D eigenvalue weighted by atomic mass is 9.93. The number of aryl methyl sites for hydroxylation is 1. The largest absolute Gasteiger partial charge is 0.469 e. The number of hydrogen-bond donors (Lipinski definition) is 0. The third kappa shape index (κ3) is 2.64. The fraction of sp³-hybridized carbons (Fsp3) is 0.545. The van der Waals surface area contributed by atoms with Gasteiger partial charge in [0.05, 0.1) is 12.5 Å². The number of rotatable bonds is 3. The quantitative estimate of drug-likeness (QED) is 0.683. The van der Waals surface area contributed by atoms with Crippen molar-refractivity contribution in [1.82, 2.24) is 9.13 Å². The molecule has 0 aromatic carbocycles. The number of nitrogens with zero attached hydrogens (tertiary/aromatic N) is 2. The molecule has 0 spiro atoms. The Bertz CT molecular complexity index is 539. The molecule has 0 saturated heterocycles. The van der Waals surface area contributed by atoms with Crippen molar-refractivity contribution in [3.8, 4) is 0 Å². The van der Waals surface area contributed by atoms with Crippen molar-refractivity contribution in [1.29, 1.82) is 0 Å². The second kappa shape index (κ2) is 4.57. The minimum absolute atomic E-state index is 0.00792. The molecule has 0 amide bonds. The highest BCUT2D eigenvalue weighted by molar-refractivity contribution is 5.75. The van der Waals surface area contributed by atoms with Crippen molar-refractivity contribution < 1.29 is 9.53 Å². The number of aromatic nitrogens is 2. The van der Waals surface area contributed by atoms with Crippen LogP contribution in [0.2, 0.25) is 0 Å². The number of carbonyl (C=O) groups excluding carboxylic acids is 1. The van der Waals surface area contributed by atoms with E-state index in [9.17, 15) is 14.4 Å². The van der Waals surface area contributed by atoms with Crippen LogP contribution in [0, 0.1) is 5.41 Å². The monoisotopic (exact) mass is 240 g/mol. The first-order valence-electron chi connectivity index (χ1n) is 5.14. The van der Waals surface area contributed by atoms with Crippen molar-refractivity contribution in [3.05, 3.63) is 33.1 Å². The molecule has 0 aliphatic rings. The predicted octanol–water partition coefficient (Wildman–Crippen LogP) is -0.254. The molecule has 0 radical (unpaired) electrons. The summed E-state index contributed by atoms with van der Waals surface area (Å²) in [6.45, 7) is 3.24. The first-order valence-corrected chi connectivity index (χ1v) is 5.14. The van der Waals surface area contributed by atoms with Gasteiger partial charge in [0.25, 0.3) is 5.56 Å². The van der Waals surface area contributed by atoms with E-state index in [4.69, 9.17) is 0 Å². The zero-order chi connectivity index (χ0) is 13.2. The summed E-state index contributed by atoms with van der Waals surface area (Å²) in [6, 6.07) is 1.29. The standard InChI is InChI=1S/C11H16N2O4/c1-11(2,9(15)17-4)7-13-8(14)5-6-12(3)10(13)16/h5-6H,7H2,1-4H3. The molecule has 0 saturated carbocycles. The summed E-state index contributed by atoms with van der Waals surface area (Å²) >= 11 is 0. The van der Waals surface area contributed by atoms with E-state index in [2.05, 4.69) is 4.74 Å². The average molecular weight is 240 g/mol. The molecule has 0 N–H and O–H groups in total. The minimum Gasteiger partial charge on any atom is -0.469 e. The summed E-state index contributed by atoms with van der Waals surface area (Å²) in [5.41, 5.74) is -1.80. The fourth-order valence-electron chi connectivity index (χ4n) is 1.50. The SMILES string of the molecule is COC(=O)C(C)(C)Cn1c(=O)ccn(C)c1=O. The molecule has 1 heterocycles. The summed E-state index contributed by atoms with van der Waals surface area (Å²) in [4.78, 5) is 34.8. The van der Waals surface area contributed by atoms with Crippen LogP contribution in [0.1, 0.15) is 13.8 Å². The lowest BCUT2D eigenvalue weighted by molar-refractivity contribution is -0.151. The van der Waals surface area contributed by atoms with E-state index < -0.39 is 22.6 Å². The van der Waals surface area contributed by atoms with Crippen molar-refractivity contribution >= 4 is 5.97 Å². The zero-order valence-corrected chi connectivity index (χ0v) is 10.4. The maximum atomic E-state index is 11.8. The summed E-state index contributed by atoms with van der Waals surface area (Å²) in [5, 5.41) is 0. The molecule has 0 aliphatic carbocycles. The molecule has 94 valence electrons. The molecular weight excluding hydrogens is 224 g/mol. The van der Waals surface area contributed by atoms with Crippen LogP contribution >= 0.6 is 0 Å². The molecule has 0 atom stereocenters. The van der Waals surface area contributed by atoms with Gasteiger partial charge in [-0.3, -0.25) is 14.2 Å². The molecule has 0 fully saturated rings. The van der Waals surface area contributed by atoms with E-state index in [0.717, 1.165) is 4.57 Å². The van der Waals surface area contributed by atoms with Gasteiger partial charge in [-0.1, -0.05) is 0 Å². The normalized spacial score (nSPS) is 11.3. The molecule has 6 heteroatoms. The molecule has 1 aromatic heterocycles. The molecule has 0 unspecified atom stereocenters. The minimum atomic E-state index is -0.925. The summed E-state index contributed by atoms with van der Waals surface area (Å²) < 4.78 is 6.95. The zero-order valence-electron chi connectivity index (χ0n) is 10.4. The second-order valence-corrected chi connectivity index (χ2v) is 4.51. The summed E-state index contributed by atoms with van der Waals surface area (Å²) in [7, 11) is 2.82. The highest BCUT2D eigenvalue weighted by Gasteiger charge is 2.30. The number of methoxy groups -OCH3 is 1. The molecule has 6 nitrogen and oxygen atoms in total. The van der Waals surface area contributed by atoms with Gasteiger partial charge in [0, 0.05) is 25.9 Å². The number of carbonyl (C=O) groups is 1. The maximum Gasteiger partial charge on any atom is 0.330 e. The maximum absolute atomic E-state index is 11.8. The van der Waals surface area contributed by atoms with Crippen LogP contribution in [0.5, 0.6) is 0 Å². The van der Waals surface area contributed by atoms with E-state index in [1.807, 2.05) is 0 Å². The highest BCUT2D eigenvalue weighted by atomic mass is 16.5. The van der Waals surface area contributed by atoms with Crippen LogP contribution in [0.3, 0.4) is 0 Å². The highest BCUT2D eigenvalue weighted by Crippen LogP contribution is 2.18. The Balaban J connectivity index is 3.21. The van der Waals surface area contributed by atoms with Gasteiger partial charge < -0.3 is 9.30 Å². The van der Waals surface area contributed by atoms with Gasteiger partial charge >= 0.3 is 11.7 Å². The molecule has 1 aromatic rings. The smallest absolute Gasteiger partial charge is 0.330 e. The third-order valence-corrected chi connectivity index (χ3v) is 2.53. The molecule has 0 aliphatic heterocycles. The van der Waals surface area contributed by atoms with Crippen molar-refractivity contribution in [3.63, 3.8) is 0 Å². The van der Waals surface area contributed by atoms with Crippen LogP contribution in [0.15, 0.2) is 21.9 Å². The Hall–Kier alpha value is -1.85. The van der Waals surface area contributed by atoms with E-state index >= 15 is 0 Å². The van der Waals surface area contributed by atoms with Crippen LogP contribution in [0.25, 0.3) is 0 Å². The van der Waals surface area contributed by atoms with Gasteiger partial charge in [-0.15, -0.1) is 0 Å². The molecule has 1 rings (SSSR count). The van der Waals surface area contributed by atoms with Gasteiger partial charge in [0.1, 0.15) is 0 Å². The first-order chi connectivity index (χ1) is 7.79. The van der Waals surface area contributed by atoms with Crippen molar-refractivity contribution in [2.75, 3.05) is 7.11 Å². The van der Waals surface area contributed by atoms with Gasteiger partial charge in [-0.2, -0.15) is 0 Å². The lowest BCUT2D eigenvalue weighted by Gasteiger charge is -2.21. The Labute approximate surface area is 98.4 Å². The van der Waals surface area contributed by atoms with Crippen LogP contribution in [0.4, 0.5) is 0 Å². The van der Waals surface area contributed by atoms with E-state index in [0.29, 0.717) is 0 Å². The Morgan fingerprint density at radius 2 is 2.00 bits per heavy atom. The molecule has 17 heavy (non-hydrogen) atoms. The van der Waals surface area contributed by atoms with E-state index in [1.54, 1.807) is 20.9 Å². The topological polar surface area (TPSA) is 70.3 Å². The Morgan fingerprint density at radius 1 is 1.41 bits per heavy atom. The van der Waals surface area contributed by atoms with Crippen LogP contribution < -0.4 is 11.2 Å². The first kappa shape index (κ1) is 13.2. The van der Waals surface area contributed by atoms with Gasteiger partial charge in [-0.05, 0) is 13.8 Å².